The lowest BCUT2D eigenvalue weighted by Crippen LogP contribution is -2.29. The van der Waals surface area contributed by atoms with E-state index in [0.717, 1.165) is 4.88 Å². The van der Waals surface area contributed by atoms with Crippen LogP contribution in [0.4, 0.5) is 5.69 Å². The second-order valence-corrected chi connectivity index (χ2v) is 5.52. The summed E-state index contributed by atoms with van der Waals surface area (Å²) in [6.07, 6.45) is 0. The second kappa shape index (κ2) is 7.17. The van der Waals surface area contributed by atoms with E-state index in [2.05, 4.69) is 10.6 Å². The first-order valence-electron chi connectivity index (χ1n) is 6.05. The van der Waals surface area contributed by atoms with Crippen LogP contribution in [0, 0.1) is 0 Å². The Hall–Kier alpha value is -1.72. The molecule has 0 unspecified atom stereocenters. The number of hydrogen-bond donors (Lipinski definition) is 2. The van der Waals surface area contributed by atoms with Crippen LogP contribution < -0.4 is 15.4 Å². The third-order valence-corrected chi connectivity index (χ3v) is 3.75. The fourth-order valence-electron chi connectivity index (χ4n) is 1.66. The van der Waals surface area contributed by atoms with Crippen molar-refractivity contribution in [2.24, 2.45) is 0 Å². The number of amides is 1. The van der Waals surface area contributed by atoms with Crippen molar-refractivity contribution in [3.63, 3.8) is 0 Å². The van der Waals surface area contributed by atoms with Crippen LogP contribution in [0.1, 0.15) is 4.88 Å². The lowest BCUT2D eigenvalue weighted by Gasteiger charge is -2.11. The van der Waals surface area contributed by atoms with E-state index in [1.54, 1.807) is 36.6 Å². The number of thiophene rings is 1. The molecule has 106 valence electrons. The largest absolute Gasteiger partial charge is 0.495 e. The quantitative estimate of drug-likeness (QED) is 0.862. The molecule has 6 heteroatoms. The molecule has 2 rings (SSSR count). The highest BCUT2D eigenvalue weighted by Gasteiger charge is 2.06. The van der Waals surface area contributed by atoms with E-state index >= 15 is 0 Å². The monoisotopic (exact) mass is 310 g/mol. The maximum absolute atomic E-state index is 11.8. The normalized spacial score (nSPS) is 10.1. The summed E-state index contributed by atoms with van der Waals surface area (Å²) in [6.45, 7) is 0.715. The van der Waals surface area contributed by atoms with Gasteiger partial charge in [-0.05, 0) is 29.6 Å². The van der Waals surface area contributed by atoms with Crippen LogP contribution in [-0.2, 0) is 11.3 Å². The number of anilines is 1. The molecular formula is C14H15ClN2O2S. The maximum Gasteiger partial charge on any atom is 0.239 e. The maximum atomic E-state index is 11.8. The summed E-state index contributed by atoms with van der Waals surface area (Å²) in [4.78, 5) is 12.9. The third kappa shape index (κ3) is 4.15. The van der Waals surface area contributed by atoms with Crippen molar-refractivity contribution in [1.82, 2.24) is 5.32 Å². The molecule has 0 aliphatic rings. The molecule has 20 heavy (non-hydrogen) atoms. The molecule has 0 bridgehead atoms. The first-order valence-corrected chi connectivity index (χ1v) is 7.31. The Kier molecular flexibility index (Phi) is 5.26. The van der Waals surface area contributed by atoms with Crippen molar-refractivity contribution >= 4 is 34.5 Å². The number of nitrogens with one attached hydrogen (secondary N) is 2. The Morgan fingerprint density at radius 2 is 2.25 bits per heavy atom. The first-order chi connectivity index (χ1) is 9.69. The topological polar surface area (TPSA) is 50.4 Å². The zero-order valence-electron chi connectivity index (χ0n) is 11.0. The Morgan fingerprint density at radius 3 is 2.95 bits per heavy atom. The Morgan fingerprint density at radius 1 is 1.40 bits per heavy atom. The van der Waals surface area contributed by atoms with Gasteiger partial charge >= 0.3 is 0 Å². The number of carbonyl (C=O) groups excluding carboxylic acids is 1. The van der Waals surface area contributed by atoms with Gasteiger partial charge in [0.1, 0.15) is 5.75 Å². The van der Waals surface area contributed by atoms with Gasteiger partial charge in [0.2, 0.25) is 5.91 Å². The van der Waals surface area contributed by atoms with E-state index in [0.29, 0.717) is 23.0 Å². The molecule has 2 aromatic rings. The van der Waals surface area contributed by atoms with Crippen molar-refractivity contribution in [2.75, 3.05) is 19.0 Å². The first kappa shape index (κ1) is 14.7. The zero-order chi connectivity index (χ0) is 14.4. The van der Waals surface area contributed by atoms with Crippen LogP contribution in [0.25, 0.3) is 0 Å². The summed E-state index contributed by atoms with van der Waals surface area (Å²) in [6, 6.07) is 9.17. The Balaban J connectivity index is 1.85. The van der Waals surface area contributed by atoms with Gasteiger partial charge in [0.25, 0.3) is 0 Å². The van der Waals surface area contributed by atoms with Gasteiger partial charge in [0, 0.05) is 9.90 Å². The van der Waals surface area contributed by atoms with Crippen LogP contribution in [0.3, 0.4) is 0 Å². The van der Waals surface area contributed by atoms with E-state index < -0.39 is 0 Å². The van der Waals surface area contributed by atoms with Crippen molar-refractivity contribution in [3.8, 4) is 5.75 Å². The van der Waals surface area contributed by atoms with Crippen molar-refractivity contribution in [2.45, 2.75) is 6.54 Å². The molecule has 0 saturated carbocycles. The van der Waals surface area contributed by atoms with Crippen LogP contribution in [-0.4, -0.2) is 19.6 Å². The molecule has 0 saturated heterocycles. The highest BCUT2D eigenvalue weighted by atomic mass is 35.5. The molecule has 0 atom stereocenters. The smallest absolute Gasteiger partial charge is 0.239 e. The molecule has 4 nitrogen and oxygen atoms in total. The van der Waals surface area contributed by atoms with Gasteiger partial charge in [-0.15, -0.1) is 11.3 Å². The van der Waals surface area contributed by atoms with E-state index in [1.807, 2.05) is 17.5 Å². The van der Waals surface area contributed by atoms with E-state index in [-0.39, 0.29) is 12.5 Å². The lowest BCUT2D eigenvalue weighted by atomic mass is 10.3. The average Bonchev–Trinajstić information content (AvgIpc) is 2.96. The van der Waals surface area contributed by atoms with E-state index in [4.69, 9.17) is 16.3 Å². The van der Waals surface area contributed by atoms with Crippen LogP contribution >= 0.6 is 22.9 Å². The van der Waals surface area contributed by atoms with Crippen LogP contribution in [0.15, 0.2) is 35.7 Å². The molecule has 1 aromatic carbocycles. The number of methoxy groups -OCH3 is 1. The number of ether oxygens (including phenoxy) is 1. The van der Waals surface area contributed by atoms with E-state index in [1.165, 1.54) is 0 Å². The minimum Gasteiger partial charge on any atom is -0.495 e. The van der Waals surface area contributed by atoms with Gasteiger partial charge in [0.05, 0.1) is 25.9 Å². The SMILES string of the molecule is COc1ccc(Cl)cc1NCC(=O)NCc1cccs1. The highest BCUT2D eigenvalue weighted by molar-refractivity contribution is 7.09. The predicted molar refractivity (Wildman–Crippen MR) is 82.7 cm³/mol. The minimum atomic E-state index is -0.0829. The number of halogens is 1. The van der Waals surface area contributed by atoms with Crippen molar-refractivity contribution < 1.29 is 9.53 Å². The number of benzene rings is 1. The summed E-state index contributed by atoms with van der Waals surface area (Å²) in [5.74, 6) is 0.570. The average molecular weight is 311 g/mol. The highest BCUT2D eigenvalue weighted by Crippen LogP contribution is 2.27. The van der Waals surface area contributed by atoms with Crippen LogP contribution in [0.5, 0.6) is 5.75 Å². The number of carbonyl (C=O) groups is 1. The van der Waals surface area contributed by atoms with E-state index in [9.17, 15) is 4.79 Å². The fourth-order valence-corrected chi connectivity index (χ4v) is 2.47. The number of hydrogen-bond acceptors (Lipinski definition) is 4. The molecule has 0 spiro atoms. The van der Waals surface area contributed by atoms with Gasteiger partial charge in [0.15, 0.2) is 0 Å². The van der Waals surface area contributed by atoms with Gasteiger partial charge in [-0.1, -0.05) is 17.7 Å². The lowest BCUT2D eigenvalue weighted by molar-refractivity contribution is -0.119. The molecule has 2 N–H and O–H groups in total. The van der Waals surface area contributed by atoms with Crippen molar-refractivity contribution in [3.05, 3.63) is 45.6 Å². The second-order valence-electron chi connectivity index (χ2n) is 4.05. The van der Waals surface area contributed by atoms with Crippen LogP contribution in [0.2, 0.25) is 5.02 Å². The molecule has 1 heterocycles. The minimum absolute atomic E-state index is 0.0829. The molecule has 1 aromatic heterocycles. The fraction of sp³-hybridized carbons (Fsp3) is 0.214. The van der Waals surface area contributed by atoms with Gasteiger partial charge in [-0.2, -0.15) is 0 Å². The van der Waals surface area contributed by atoms with Crippen molar-refractivity contribution in [1.29, 1.82) is 0 Å². The van der Waals surface area contributed by atoms with Gasteiger partial charge in [-0.25, -0.2) is 0 Å². The number of rotatable bonds is 6. The molecule has 0 radical (unpaired) electrons. The Bertz CT molecular complexity index is 573. The molecule has 0 aliphatic carbocycles. The summed E-state index contributed by atoms with van der Waals surface area (Å²) >= 11 is 7.54. The van der Waals surface area contributed by atoms with Gasteiger partial charge in [-0.3, -0.25) is 4.79 Å². The summed E-state index contributed by atoms with van der Waals surface area (Å²) in [5, 5.41) is 8.43. The third-order valence-electron chi connectivity index (χ3n) is 2.64. The Labute approximate surface area is 126 Å². The molecule has 1 amide bonds. The predicted octanol–water partition coefficient (Wildman–Crippen LogP) is 3.14. The van der Waals surface area contributed by atoms with Gasteiger partial charge < -0.3 is 15.4 Å². The summed E-state index contributed by atoms with van der Waals surface area (Å²) in [5.41, 5.74) is 0.700. The zero-order valence-corrected chi connectivity index (χ0v) is 12.6. The summed E-state index contributed by atoms with van der Waals surface area (Å²) in [7, 11) is 1.57. The molecule has 0 fully saturated rings. The molecular weight excluding hydrogens is 296 g/mol. The molecule has 0 aliphatic heterocycles. The standard InChI is InChI=1S/C14H15ClN2O2S/c1-19-13-5-4-10(15)7-12(13)16-9-14(18)17-8-11-3-2-6-20-11/h2-7,16H,8-9H2,1H3,(H,17,18). The summed E-state index contributed by atoms with van der Waals surface area (Å²) < 4.78 is 5.20.